The van der Waals surface area contributed by atoms with E-state index in [-0.39, 0.29) is 6.42 Å². The Balaban J connectivity index is 3.07. The second-order valence-corrected chi connectivity index (χ2v) is 7.07. The number of carbonyl (C=O) groups excluding carboxylic acids is 2. The molecule has 1 rings (SSSR count). The summed E-state index contributed by atoms with van der Waals surface area (Å²) in [6, 6.07) is 4.33. The maximum Gasteiger partial charge on any atom is 0.407 e. The Bertz CT molecular complexity index is 654. The SMILES string of the molecule is CCOc1ccc(CC(NC(=O)OC)C(O)C(=O)OC(C)(C)C)cc1OCC. The lowest BCUT2D eigenvalue weighted by molar-refractivity contribution is -0.166. The van der Waals surface area contributed by atoms with Gasteiger partial charge in [-0.05, 0) is 58.7 Å². The van der Waals surface area contributed by atoms with Crippen LogP contribution in [0.2, 0.25) is 0 Å². The van der Waals surface area contributed by atoms with Gasteiger partial charge in [0, 0.05) is 0 Å². The molecule has 0 radical (unpaired) electrons. The zero-order valence-corrected chi connectivity index (χ0v) is 17.4. The molecule has 0 saturated heterocycles. The molecule has 0 aromatic heterocycles. The van der Waals surface area contributed by atoms with Crippen LogP contribution < -0.4 is 14.8 Å². The number of carbonyl (C=O) groups is 2. The van der Waals surface area contributed by atoms with Gasteiger partial charge in [-0.1, -0.05) is 6.07 Å². The summed E-state index contributed by atoms with van der Waals surface area (Å²) in [6.45, 7) is 9.76. The minimum atomic E-state index is -1.57. The third-order valence-electron chi connectivity index (χ3n) is 3.58. The second kappa shape index (κ2) is 10.8. The zero-order chi connectivity index (χ0) is 21.3. The van der Waals surface area contributed by atoms with Crippen LogP contribution in [0.25, 0.3) is 0 Å². The molecule has 158 valence electrons. The van der Waals surface area contributed by atoms with E-state index in [1.807, 2.05) is 13.8 Å². The molecule has 8 nitrogen and oxygen atoms in total. The number of benzene rings is 1. The molecular weight excluding hydrogens is 366 g/mol. The van der Waals surface area contributed by atoms with Crippen molar-refractivity contribution in [1.29, 1.82) is 0 Å². The lowest BCUT2D eigenvalue weighted by Gasteiger charge is -2.26. The molecule has 1 aromatic carbocycles. The molecule has 0 saturated carbocycles. The Morgan fingerprint density at radius 2 is 1.71 bits per heavy atom. The van der Waals surface area contributed by atoms with E-state index in [1.165, 1.54) is 7.11 Å². The Kier molecular flexibility index (Phi) is 9.05. The van der Waals surface area contributed by atoms with E-state index >= 15 is 0 Å². The number of esters is 1. The Morgan fingerprint density at radius 3 is 2.25 bits per heavy atom. The summed E-state index contributed by atoms with van der Waals surface area (Å²) in [6.07, 6.45) is -2.17. The summed E-state index contributed by atoms with van der Waals surface area (Å²) in [5.74, 6) is 0.313. The second-order valence-electron chi connectivity index (χ2n) is 7.07. The summed E-state index contributed by atoms with van der Waals surface area (Å²) in [5.41, 5.74) is -0.0364. The number of nitrogens with one attached hydrogen (secondary N) is 1. The molecule has 8 heteroatoms. The van der Waals surface area contributed by atoms with Crippen LogP contribution in [0.5, 0.6) is 11.5 Å². The van der Waals surface area contributed by atoms with Crippen molar-refractivity contribution in [3.05, 3.63) is 23.8 Å². The highest BCUT2D eigenvalue weighted by atomic mass is 16.6. The van der Waals surface area contributed by atoms with Gasteiger partial charge < -0.3 is 29.4 Å². The molecule has 1 aromatic rings. The highest BCUT2D eigenvalue weighted by Crippen LogP contribution is 2.29. The number of alkyl carbamates (subject to hydrolysis) is 1. The molecule has 28 heavy (non-hydrogen) atoms. The van der Waals surface area contributed by atoms with Crippen molar-refractivity contribution < 1.29 is 33.6 Å². The number of rotatable bonds is 9. The van der Waals surface area contributed by atoms with Crippen LogP contribution >= 0.6 is 0 Å². The van der Waals surface area contributed by atoms with E-state index in [4.69, 9.17) is 14.2 Å². The first kappa shape index (κ1) is 23.6. The van der Waals surface area contributed by atoms with Crippen LogP contribution in [-0.4, -0.2) is 55.2 Å². The molecule has 0 bridgehead atoms. The molecule has 0 heterocycles. The van der Waals surface area contributed by atoms with E-state index in [9.17, 15) is 14.7 Å². The molecular formula is C20H31NO7. The van der Waals surface area contributed by atoms with Crippen LogP contribution in [0.1, 0.15) is 40.2 Å². The summed E-state index contributed by atoms with van der Waals surface area (Å²) in [4.78, 5) is 24.0. The van der Waals surface area contributed by atoms with Crippen LogP contribution in [0.4, 0.5) is 4.79 Å². The van der Waals surface area contributed by atoms with Crippen LogP contribution in [0.3, 0.4) is 0 Å². The number of hydrogen-bond donors (Lipinski definition) is 2. The zero-order valence-electron chi connectivity index (χ0n) is 17.4. The molecule has 0 fully saturated rings. The fourth-order valence-electron chi connectivity index (χ4n) is 2.45. The lowest BCUT2D eigenvalue weighted by Crippen LogP contribution is -2.50. The van der Waals surface area contributed by atoms with E-state index in [0.717, 1.165) is 5.56 Å². The lowest BCUT2D eigenvalue weighted by atomic mass is 10.0. The van der Waals surface area contributed by atoms with Gasteiger partial charge in [0.05, 0.1) is 26.4 Å². The highest BCUT2D eigenvalue weighted by Gasteiger charge is 2.32. The standard InChI is InChI=1S/C20H31NO7/c1-7-26-15-10-9-13(12-16(15)27-8-2)11-14(21-19(24)25-6)17(22)18(23)28-20(3,4)5/h9-10,12,14,17,22H,7-8,11H2,1-6H3,(H,21,24). The number of ether oxygens (including phenoxy) is 4. The third-order valence-corrected chi connectivity index (χ3v) is 3.58. The molecule has 0 aliphatic carbocycles. The van der Waals surface area contributed by atoms with E-state index in [0.29, 0.717) is 24.7 Å². The van der Waals surface area contributed by atoms with E-state index in [2.05, 4.69) is 10.1 Å². The van der Waals surface area contributed by atoms with E-state index < -0.39 is 29.8 Å². The number of hydrogen-bond acceptors (Lipinski definition) is 7. The van der Waals surface area contributed by atoms with Crippen LogP contribution in [0.15, 0.2) is 18.2 Å². The minimum absolute atomic E-state index is 0.155. The molecule has 0 aliphatic heterocycles. The first-order valence-electron chi connectivity index (χ1n) is 9.25. The average molecular weight is 397 g/mol. The van der Waals surface area contributed by atoms with Crippen LogP contribution in [-0.2, 0) is 20.7 Å². The Morgan fingerprint density at radius 1 is 1.11 bits per heavy atom. The third kappa shape index (κ3) is 7.64. The largest absolute Gasteiger partial charge is 0.490 e. The van der Waals surface area contributed by atoms with Crippen LogP contribution in [0, 0.1) is 0 Å². The van der Waals surface area contributed by atoms with Crippen molar-refractivity contribution in [2.24, 2.45) is 0 Å². The van der Waals surface area contributed by atoms with Crippen molar-refractivity contribution in [2.75, 3.05) is 20.3 Å². The Hall–Kier alpha value is -2.48. The van der Waals surface area contributed by atoms with Gasteiger partial charge in [0.15, 0.2) is 17.6 Å². The van der Waals surface area contributed by atoms with Crippen molar-refractivity contribution >= 4 is 12.1 Å². The van der Waals surface area contributed by atoms with Gasteiger partial charge in [0.25, 0.3) is 0 Å². The smallest absolute Gasteiger partial charge is 0.407 e. The highest BCUT2D eigenvalue weighted by molar-refractivity contribution is 5.77. The van der Waals surface area contributed by atoms with E-state index in [1.54, 1.807) is 39.0 Å². The molecule has 0 aliphatic rings. The fraction of sp³-hybridized carbons (Fsp3) is 0.600. The van der Waals surface area contributed by atoms with Crippen molar-refractivity contribution in [1.82, 2.24) is 5.32 Å². The average Bonchev–Trinajstić information content (AvgIpc) is 2.61. The van der Waals surface area contributed by atoms with Gasteiger partial charge >= 0.3 is 12.1 Å². The molecule has 0 spiro atoms. The van der Waals surface area contributed by atoms with Gasteiger partial charge in [-0.25, -0.2) is 9.59 Å². The summed E-state index contributed by atoms with van der Waals surface area (Å²) < 4.78 is 21.0. The first-order chi connectivity index (χ1) is 13.1. The van der Waals surface area contributed by atoms with Gasteiger partial charge in [-0.2, -0.15) is 0 Å². The predicted octanol–water partition coefficient (Wildman–Crippen LogP) is 2.45. The number of amides is 1. The normalized spacial score (nSPS) is 13.2. The number of aliphatic hydroxyl groups excluding tert-OH is 1. The minimum Gasteiger partial charge on any atom is -0.490 e. The topological polar surface area (TPSA) is 103 Å². The van der Waals surface area contributed by atoms with Crippen molar-refractivity contribution in [2.45, 2.75) is 58.8 Å². The Labute approximate surface area is 166 Å². The molecule has 2 atom stereocenters. The predicted molar refractivity (Wildman–Crippen MR) is 104 cm³/mol. The number of aliphatic hydroxyl groups is 1. The monoisotopic (exact) mass is 397 g/mol. The maximum absolute atomic E-state index is 12.3. The molecule has 2 N–H and O–H groups in total. The van der Waals surface area contributed by atoms with Gasteiger partial charge in [0.2, 0.25) is 0 Å². The number of methoxy groups -OCH3 is 1. The van der Waals surface area contributed by atoms with Gasteiger partial charge in [0.1, 0.15) is 5.60 Å². The summed E-state index contributed by atoms with van der Waals surface area (Å²) in [7, 11) is 1.20. The quantitative estimate of drug-likeness (QED) is 0.617. The summed E-state index contributed by atoms with van der Waals surface area (Å²) >= 11 is 0. The maximum atomic E-state index is 12.3. The molecule has 2 unspecified atom stereocenters. The molecule has 1 amide bonds. The van der Waals surface area contributed by atoms with Gasteiger partial charge in [-0.3, -0.25) is 0 Å². The van der Waals surface area contributed by atoms with Crippen molar-refractivity contribution in [3.63, 3.8) is 0 Å². The van der Waals surface area contributed by atoms with Gasteiger partial charge in [-0.15, -0.1) is 0 Å². The van der Waals surface area contributed by atoms with Crippen molar-refractivity contribution in [3.8, 4) is 11.5 Å². The fourth-order valence-corrected chi connectivity index (χ4v) is 2.45. The first-order valence-corrected chi connectivity index (χ1v) is 9.25. The summed E-state index contributed by atoms with van der Waals surface area (Å²) in [5, 5.41) is 12.9.